The van der Waals surface area contributed by atoms with Gasteiger partial charge in [0.15, 0.2) is 0 Å². The Morgan fingerprint density at radius 1 is 1.08 bits per heavy atom. The van der Waals surface area contributed by atoms with Crippen LogP contribution in [0, 0.1) is 0 Å². The van der Waals surface area contributed by atoms with E-state index in [-0.39, 0.29) is 12.5 Å². The van der Waals surface area contributed by atoms with E-state index in [0.29, 0.717) is 33.8 Å². The average Bonchev–Trinajstić information content (AvgIpc) is 2.57. The number of likely N-dealkylation sites (N-methyl/N-ethyl adjacent to an activating group) is 1. The molecular formula is C18H20Cl2N2O3. The van der Waals surface area contributed by atoms with Crippen LogP contribution in [0.15, 0.2) is 36.4 Å². The van der Waals surface area contributed by atoms with Gasteiger partial charge in [-0.25, -0.2) is 0 Å². The molecule has 0 unspecified atom stereocenters. The number of hydrogen-bond acceptors (Lipinski definition) is 4. The maximum Gasteiger partial charge on any atom is 0.238 e. The van der Waals surface area contributed by atoms with Crippen molar-refractivity contribution in [1.29, 1.82) is 0 Å². The number of ether oxygens (including phenoxy) is 2. The molecule has 2 aromatic rings. The highest BCUT2D eigenvalue weighted by molar-refractivity contribution is 6.32. The lowest BCUT2D eigenvalue weighted by molar-refractivity contribution is -0.117. The minimum atomic E-state index is -0.167. The molecule has 25 heavy (non-hydrogen) atoms. The fraction of sp³-hybridized carbons (Fsp3) is 0.278. The first kappa shape index (κ1) is 19.4. The van der Waals surface area contributed by atoms with E-state index in [2.05, 4.69) is 5.32 Å². The summed E-state index contributed by atoms with van der Waals surface area (Å²) in [5, 5.41) is 3.93. The molecule has 0 aliphatic carbocycles. The first-order valence-electron chi connectivity index (χ1n) is 7.57. The van der Waals surface area contributed by atoms with E-state index >= 15 is 0 Å². The smallest absolute Gasteiger partial charge is 0.238 e. The average molecular weight is 383 g/mol. The molecule has 0 aliphatic heterocycles. The third kappa shape index (κ3) is 5.53. The molecule has 0 heterocycles. The minimum Gasteiger partial charge on any atom is -0.495 e. The summed E-state index contributed by atoms with van der Waals surface area (Å²) < 4.78 is 10.4. The van der Waals surface area contributed by atoms with Gasteiger partial charge in [-0.2, -0.15) is 0 Å². The lowest BCUT2D eigenvalue weighted by Crippen LogP contribution is -2.30. The number of nitrogens with one attached hydrogen (secondary N) is 1. The number of hydrogen-bond donors (Lipinski definition) is 1. The number of anilines is 1. The molecule has 7 heteroatoms. The molecule has 134 valence electrons. The normalized spacial score (nSPS) is 10.6. The Morgan fingerprint density at radius 2 is 1.72 bits per heavy atom. The minimum absolute atomic E-state index is 0.167. The first-order chi connectivity index (χ1) is 11.9. The second-order valence-electron chi connectivity index (χ2n) is 5.53. The fourth-order valence-electron chi connectivity index (χ4n) is 2.35. The van der Waals surface area contributed by atoms with Gasteiger partial charge in [-0.05, 0) is 24.7 Å². The molecule has 0 radical (unpaired) electrons. The van der Waals surface area contributed by atoms with E-state index in [1.54, 1.807) is 12.1 Å². The zero-order chi connectivity index (χ0) is 18.4. The van der Waals surface area contributed by atoms with Crippen molar-refractivity contribution >= 4 is 34.8 Å². The molecule has 0 fully saturated rings. The van der Waals surface area contributed by atoms with Crippen LogP contribution in [-0.2, 0) is 11.3 Å². The highest BCUT2D eigenvalue weighted by Gasteiger charge is 2.14. The molecule has 0 bridgehead atoms. The third-order valence-corrected chi connectivity index (χ3v) is 4.07. The lowest BCUT2D eigenvalue weighted by Gasteiger charge is -2.18. The number of benzene rings is 2. The molecule has 2 rings (SSSR count). The molecule has 0 saturated heterocycles. The second-order valence-corrected chi connectivity index (χ2v) is 6.38. The van der Waals surface area contributed by atoms with Crippen molar-refractivity contribution in [3.8, 4) is 11.5 Å². The number of carbonyl (C=O) groups excluding carboxylic acids is 1. The topological polar surface area (TPSA) is 50.8 Å². The van der Waals surface area contributed by atoms with Crippen molar-refractivity contribution in [1.82, 2.24) is 4.90 Å². The largest absolute Gasteiger partial charge is 0.495 e. The number of halogens is 2. The van der Waals surface area contributed by atoms with Crippen LogP contribution < -0.4 is 14.8 Å². The predicted octanol–water partition coefficient (Wildman–Crippen LogP) is 4.08. The standard InChI is InChI=1S/C18H20Cl2N2O3/c1-22(10-12-4-6-13(19)7-5-12)11-18(23)21-15-9-16(24-2)14(20)8-17(15)25-3/h4-9H,10-11H2,1-3H3,(H,21,23). The summed E-state index contributed by atoms with van der Waals surface area (Å²) in [7, 11) is 4.90. The predicted molar refractivity (Wildman–Crippen MR) is 101 cm³/mol. The Bertz CT molecular complexity index is 736. The summed E-state index contributed by atoms with van der Waals surface area (Å²) in [5.74, 6) is 0.769. The summed E-state index contributed by atoms with van der Waals surface area (Å²) in [4.78, 5) is 14.2. The number of amides is 1. The molecular weight excluding hydrogens is 363 g/mol. The quantitative estimate of drug-likeness (QED) is 0.783. The monoisotopic (exact) mass is 382 g/mol. The molecule has 2 aromatic carbocycles. The highest BCUT2D eigenvalue weighted by atomic mass is 35.5. The summed E-state index contributed by atoms with van der Waals surface area (Å²) in [6, 6.07) is 10.8. The number of rotatable bonds is 7. The molecule has 0 aliphatic rings. The van der Waals surface area contributed by atoms with E-state index < -0.39 is 0 Å². The number of carbonyl (C=O) groups is 1. The number of methoxy groups -OCH3 is 2. The van der Waals surface area contributed by atoms with E-state index in [0.717, 1.165) is 5.56 Å². The van der Waals surface area contributed by atoms with Crippen LogP contribution in [0.5, 0.6) is 11.5 Å². The van der Waals surface area contributed by atoms with Crippen molar-refractivity contribution in [2.45, 2.75) is 6.54 Å². The van der Waals surface area contributed by atoms with Gasteiger partial charge in [-0.1, -0.05) is 35.3 Å². The number of nitrogens with zero attached hydrogens (tertiary/aromatic N) is 1. The molecule has 0 spiro atoms. The fourth-order valence-corrected chi connectivity index (χ4v) is 2.71. The molecule has 0 saturated carbocycles. The van der Waals surface area contributed by atoms with Crippen LogP contribution >= 0.6 is 23.2 Å². The maximum absolute atomic E-state index is 12.3. The first-order valence-corrected chi connectivity index (χ1v) is 8.33. The van der Waals surface area contributed by atoms with Crippen LogP contribution in [0.2, 0.25) is 10.0 Å². The van der Waals surface area contributed by atoms with Crippen molar-refractivity contribution in [2.75, 3.05) is 33.1 Å². The zero-order valence-electron chi connectivity index (χ0n) is 14.3. The summed E-state index contributed by atoms with van der Waals surface area (Å²) in [5.41, 5.74) is 1.58. The van der Waals surface area contributed by atoms with Crippen LogP contribution in [0.25, 0.3) is 0 Å². The van der Waals surface area contributed by atoms with Gasteiger partial charge in [0.1, 0.15) is 11.5 Å². The Balaban J connectivity index is 2.00. The van der Waals surface area contributed by atoms with Crippen molar-refractivity contribution in [3.63, 3.8) is 0 Å². The lowest BCUT2D eigenvalue weighted by atomic mass is 10.2. The van der Waals surface area contributed by atoms with Crippen LogP contribution in [0.3, 0.4) is 0 Å². The Labute approximate surface area is 157 Å². The Kier molecular flexibility index (Phi) is 6.93. The van der Waals surface area contributed by atoms with Gasteiger partial charge in [0, 0.05) is 23.7 Å². The van der Waals surface area contributed by atoms with Crippen LogP contribution in [0.1, 0.15) is 5.56 Å². The second kappa shape index (κ2) is 8.94. The van der Waals surface area contributed by atoms with E-state index in [1.165, 1.54) is 14.2 Å². The van der Waals surface area contributed by atoms with Gasteiger partial charge in [-0.3, -0.25) is 9.69 Å². The third-order valence-electron chi connectivity index (χ3n) is 3.53. The van der Waals surface area contributed by atoms with Crippen LogP contribution in [-0.4, -0.2) is 38.6 Å². The van der Waals surface area contributed by atoms with Gasteiger partial charge in [0.2, 0.25) is 5.91 Å². The molecule has 1 amide bonds. The van der Waals surface area contributed by atoms with E-state index in [9.17, 15) is 4.79 Å². The Morgan fingerprint density at radius 3 is 2.32 bits per heavy atom. The van der Waals surface area contributed by atoms with E-state index in [1.807, 2.05) is 36.2 Å². The Hall–Kier alpha value is -1.95. The molecule has 0 atom stereocenters. The maximum atomic E-state index is 12.3. The van der Waals surface area contributed by atoms with Gasteiger partial charge in [0.25, 0.3) is 0 Å². The molecule has 5 nitrogen and oxygen atoms in total. The molecule has 0 aromatic heterocycles. The SMILES string of the molecule is COc1cc(NC(=O)CN(C)Cc2ccc(Cl)cc2)c(OC)cc1Cl. The van der Waals surface area contributed by atoms with Crippen molar-refractivity contribution in [2.24, 2.45) is 0 Å². The van der Waals surface area contributed by atoms with E-state index in [4.69, 9.17) is 32.7 Å². The van der Waals surface area contributed by atoms with Gasteiger partial charge in [0.05, 0.1) is 31.5 Å². The summed E-state index contributed by atoms with van der Waals surface area (Å²) in [6.45, 7) is 0.850. The van der Waals surface area contributed by atoms with Gasteiger partial charge >= 0.3 is 0 Å². The molecule has 1 N–H and O–H groups in total. The summed E-state index contributed by atoms with van der Waals surface area (Å²) >= 11 is 11.9. The van der Waals surface area contributed by atoms with Gasteiger partial charge < -0.3 is 14.8 Å². The zero-order valence-corrected chi connectivity index (χ0v) is 15.8. The summed E-state index contributed by atoms with van der Waals surface area (Å²) in [6.07, 6.45) is 0. The van der Waals surface area contributed by atoms with Crippen molar-refractivity contribution < 1.29 is 14.3 Å². The van der Waals surface area contributed by atoms with Gasteiger partial charge in [-0.15, -0.1) is 0 Å². The van der Waals surface area contributed by atoms with Crippen molar-refractivity contribution in [3.05, 3.63) is 52.0 Å². The highest BCUT2D eigenvalue weighted by Crippen LogP contribution is 2.35. The van der Waals surface area contributed by atoms with Crippen LogP contribution in [0.4, 0.5) is 5.69 Å².